The Balaban J connectivity index is 0. The molecular formula is C17H32N2O. The van der Waals surface area contributed by atoms with E-state index in [1.807, 2.05) is 24.3 Å². The minimum atomic E-state index is 0. The molecule has 0 heterocycles. The molecule has 116 valence electrons. The minimum absolute atomic E-state index is 0. The van der Waals surface area contributed by atoms with Gasteiger partial charge in [-0.3, -0.25) is 4.79 Å². The van der Waals surface area contributed by atoms with Crippen LogP contribution in [0.2, 0.25) is 0 Å². The third kappa shape index (κ3) is 6.60. The van der Waals surface area contributed by atoms with Gasteiger partial charge in [0, 0.05) is 27.2 Å². The van der Waals surface area contributed by atoms with Crippen molar-refractivity contribution in [1.29, 1.82) is 0 Å². The van der Waals surface area contributed by atoms with Crippen LogP contribution in [0.4, 0.5) is 5.69 Å². The Hall–Kier alpha value is -1.51. The van der Waals surface area contributed by atoms with Gasteiger partial charge in [-0.1, -0.05) is 33.1 Å². The topological polar surface area (TPSA) is 41.1 Å². The van der Waals surface area contributed by atoms with Gasteiger partial charge in [-0.25, -0.2) is 0 Å². The highest BCUT2D eigenvalue weighted by Gasteiger charge is 2.04. The molecule has 1 aromatic carbocycles. The fourth-order valence-corrected chi connectivity index (χ4v) is 2.10. The summed E-state index contributed by atoms with van der Waals surface area (Å²) >= 11 is 0. The van der Waals surface area contributed by atoms with Crippen LogP contribution >= 0.6 is 0 Å². The monoisotopic (exact) mass is 280 g/mol. The van der Waals surface area contributed by atoms with Crippen LogP contribution in [-0.4, -0.2) is 19.0 Å². The first kappa shape index (κ1) is 16.5. The van der Waals surface area contributed by atoms with Crippen molar-refractivity contribution in [3.05, 3.63) is 29.8 Å². The molecule has 3 heteroatoms. The highest BCUT2D eigenvalue weighted by Crippen LogP contribution is 2.10. The summed E-state index contributed by atoms with van der Waals surface area (Å²) in [6.45, 7) is 8.21. The molecule has 1 aromatic rings. The molecule has 0 aliphatic rings. The van der Waals surface area contributed by atoms with E-state index in [2.05, 4.69) is 31.4 Å². The third-order valence-electron chi connectivity index (χ3n) is 3.27. The summed E-state index contributed by atoms with van der Waals surface area (Å²) in [5, 5.41) is 6.20. The van der Waals surface area contributed by atoms with Crippen molar-refractivity contribution in [2.45, 2.75) is 46.5 Å². The number of benzene rings is 1. The van der Waals surface area contributed by atoms with E-state index in [0.29, 0.717) is 0 Å². The Morgan fingerprint density at radius 2 is 1.85 bits per heavy atom. The normalized spacial score (nSPS) is 10.6. The van der Waals surface area contributed by atoms with Gasteiger partial charge in [0.1, 0.15) is 0 Å². The maximum atomic E-state index is 11.9. The smallest absolute Gasteiger partial charge is 0.251 e. The summed E-state index contributed by atoms with van der Waals surface area (Å²) in [5.41, 5.74) is 1.78. The van der Waals surface area contributed by atoms with E-state index in [1.165, 1.54) is 19.3 Å². The molecule has 0 bridgehead atoms. The first-order valence-electron chi connectivity index (χ1n) is 7.75. The number of hydrogen-bond donors (Lipinski definition) is 2. The van der Waals surface area contributed by atoms with Crippen LogP contribution in [0.5, 0.6) is 0 Å². The number of carbonyl (C=O) groups is 1. The summed E-state index contributed by atoms with van der Waals surface area (Å²) in [6, 6.07) is 7.63. The van der Waals surface area contributed by atoms with Gasteiger partial charge < -0.3 is 10.6 Å². The van der Waals surface area contributed by atoms with Crippen molar-refractivity contribution >= 4 is 11.6 Å². The number of amides is 1. The first-order chi connectivity index (χ1) is 9.63. The van der Waals surface area contributed by atoms with Crippen LogP contribution in [0.15, 0.2) is 24.3 Å². The molecule has 0 saturated carbocycles. The zero-order valence-corrected chi connectivity index (χ0v) is 13.0. The molecule has 0 saturated heterocycles. The Morgan fingerprint density at radius 1 is 1.15 bits per heavy atom. The Bertz CT molecular complexity index is 394. The van der Waals surface area contributed by atoms with Crippen molar-refractivity contribution < 1.29 is 7.65 Å². The molecule has 0 atom stereocenters. The van der Waals surface area contributed by atoms with Crippen LogP contribution < -0.4 is 10.6 Å². The van der Waals surface area contributed by atoms with Gasteiger partial charge in [0.05, 0.1) is 0 Å². The lowest BCUT2D eigenvalue weighted by Crippen LogP contribution is -2.24. The molecule has 0 spiro atoms. The molecule has 1 rings (SSSR count). The maximum Gasteiger partial charge on any atom is 0.251 e. The van der Waals surface area contributed by atoms with Crippen molar-refractivity contribution in [3.8, 4) is 0 Å². The molecule has 20 heavy (non-hydrogen) atoms. The van der Waals surface area contributed by atoms with Crippen LogP contribution in [0.1, 0.15) is 59.7 Å². The zero-order chi connectivity index (χ0) is 14.8. The van der Waals surface area contributed by atoms with Crippen LogP contribution in [0, 0.1) is 5.92 Å². The number of anilines is 1. The lowest BCUT2D eigenvalue weighted by Gasteiger charge is -2.07. The molecule has 0 aliphatic heterocycles. The summed E-state index contributed by atoms with van der Waals surface area (Å²) in [5.74, 6) is 0.803. The average molecular weight is 280 g/mol. The number of carbonyl (C=O) groups excluding carboxylic acids is 1. The summed E-state index contributed by atoms with van der Waals surface area (Å²) < 4.78 is 0. The lowest BCUT2D eigenvalue weighted by atomic mass is 10.1. The van der Waals surface area contributed by atoms with Gasteiger partial charge in [0.25, 0.3) is 5.91 Å². The molecule has 0 unspecified atom stereocenters. The molecule has 0 aliphatic carbocycles. The molecule has 2 N–H and O–H groups in total. The van der Waals surface area contributed by atoms with Gasteiger partial charge in [-0.05, 0) is 43.5 Å². The first-order valence-corrected chi connectivity index (χ1v) is 7.75. The van der Waals surface area contributed by atoms with Crippen molar-refractivity contribution in [2.24, 2.45) is 5.92 Å². The number of nitrogens with one attached hydrogen (secondary N) is 2. The fourth-order valence-electron chi connectivity index (χ4n) is 2.10. The van der Waals surface area contributed by atoms with Gasteiger partial charge >= 0.3 is 0 Å². The highest BCUT2D eigenvalue weighted by atomic mass is 16.1. The molecular weight excluding hydrogens is 248 g/mol. The van der Waals surface area contributed by atoms with Crippen molar-refractivity contribution in [1.82, 2.24) is 5.32 Å². The minimum Gasteiger partial charge on any atom is -0.385 e. The van der Waals surface area contributed by atoms with Crippen molar-refractivity contribution in [3.63, 3.8) is 0 Å². The Labute approximate surface area is 126 Å². The van der Waals surface area contributed by atoms with Crippen molar-refractivity contribution in [2.75, 3.05) is 18.4 Å². The van der Waals surface area contributed by atoms with E-state index in [1.54, 1.807) is 0 Å². The summed E-state index contributed by atoms with van der Waals surface area (Å²) in [7, 11) is 0. The largest absolute Gasteiger partial charge is 0.385 e. The third-order valence-corrected chi connectivity index (χ3v) is 3.27. The Morgan fingerprint density at radius 3 is 2.45 bits per heavy atom. The van der Waals surface area contributed by atoms with Gasteiger partial charge in [-0.15, -0.1) is 0 Å². The predicted octanol–water partition coefficient (Wildman–Crippen LogP) is 4.56. The van der Waals surface area contributed by atoms with E-state index < -0.39 is 0 Å². The zero-order valence-electron chi connectivity index (χ0n) is 13.0. The Kier molecular flexibility index (Phi) is 7.78. The molecule has 1 amide bonds. The van der Waals surface area contributed by atoms with Gasteiger partial charge in [0.2, 0.25) is 0 Å². The van der Waals surface area contributed by atoms with E-state index in [-0.39, 0.29) is 8.76 Å². The van der Waals surface area contributed by atoms with E-state index in [4.69, 9.17) is 0 Å². The standard InChI is InChI=1S/C17H28N2O.2H2/c1-4-18-16-11-9-15(10-12-16)17(20)19-13-7-5-6-8-14(2)3;;/h9-12,14,18H,4-8,13H2,1-3H3,(H,19,20);2*1H. The second-order valence-corrected chi connectivity index (χ2v) is 5.61. The van der Waals surface area contributed by atoms with E-state index >= 15 is 0 Å². The highest BCUT2D eigenvalue weighted by molar-refractivity contribution is 5.94. The summed E-state index contributed by atoms with van der Waals surface area (Å²) in [6.07, 6.45) is 4.79. The van der Waals surface area contributed by atoms with Gasteiger partial charge in [-0.2, -0.15) is 0 Å². The number of rotatable bonds is 9. The number of hydrogen-bond acceptors (Lipinski definition) is 2. The molecule has 0 aromatic heterocycles. The second-order valence-electron chi connectivity index (χ2n) is 5.61. The van der Waals surface area contributed by atoms with E-state index in [0.717, 1.165) is 36.7 Å². The predicted molar refractivity (Wildman–Crippen MR) is 90.5 cm³/mol. The maximum absolute atomic E-state index is 11.9. The lowest BCUT2D eigenvalue weighted by molar-refractivity contribution is 0.0953. The van der Waals surface area contributed by atoms with E-state index in [9.17, 15) is 4.79 Å². The van der Waals surface area contributed by atoms with Crippen LogP contribution in [-0.2, 0) is 0 Å². The van der Waals surface area contributed by atoms with Crippen LogP contribution in [0.25, 0.3) is 0 Å². The SMILES string of the molecule is CCNc1ccc(C(=O)NCCCCCC(C)C)cc1.[HH].[HH]. The summed E-state index contributed by atoms with van der Waals surface area (Å²) in [4.78, 5) is 11.9. The second kappa shape index (κ2) is 9.40. The van der Waals surface area contributed by atoms with Crippen LogP contribution in [0.3, 0.4) is 0 Å². The number of unbranched alkanes of at least 4 members (excludes halogenated alkanes) is 2. The fraction of sp³-hybridized carbons (Fsp3) is 0.588. The molecule has 0 radical (unpaired) electrons. The molecule has 0 fully saturated rings. The van der Waals surface area contributed by atoms with Gasteiger partial charge in [0.15, 0.2) is 0 Å². The molecule has 3 nitrogen and oxygen atoms in total. The average Bonchev–Trinajstić information content (AvgIpc) is 2.43. The quantitative estimate of drug-likeness (QED) is 0.651.